The first kappa shape index (κ1) is 28.6. The van der Waals surface area contributed by atoms with Gasteiger partial charge in [0.15, 0.2) is 6.10 Å². The number of ether oxygens (including phenoxy) is 4. The number of hydrogen-bond acceptors (Lipinski definition) is 7. The molecule has 1 heterocycles. The first-order chi connectivity index (χ1) is 20.1. The molecule has 1 N–H and O–H groups in total. The second-order valence-electron chi connectivity index (χ2n) is 13.0. The summed E-state index contributed by atoms with van der Waals surface area (Å²) in [6.45, 7) is 6.21. The number of allylic oxidation sites excluding steroid dienone is 2. The minimum atomic E-state index is -0.745. The van der Waals surface area contributed by atoms with Gasteiger partial charge in [0.2, 0.25) is 11.7 Å². The standard InChI is InChI=1S/C34H41NO7/c1-19(36)35-30-24(28-27(31(37)39-4)29(42-28)32(38)40-5)18-26-23-12-11-20-17-22(41-21-9-7-6-8-10-21)13-15-33(20,2)25(23)14-16-34(26,30)3/h6-11,22-23,25-26,28H,12-18H2,1-5H3,(H,35,36)/t22-,23+,25-,26-,28?,33-,34-/m0/s1. The molecule has 2 saturated carbocycles. The van der Waals surface area contributed by atoms with Gasteiger partial charge in [0.25, 0.3) is 0 Å². The summed E-state index contributed by atoms with van der Waals surface area (Å²) >= 11 is 0. The van der Waals surface area contributed by atoms with Gasteiger partial charge in [-0.2, -0.15) is 0 Å². The maximum absolute atomic E-state index is 12.8. The van der Waals surface area contributed by atoms with Crippen molar-refractivity contribution < 1.29 is 33.3 Å². The van der Waals surface area contributed by atoms with E-state index >= 15 is 0 Å². The fraction of sp³-hybridized carbons (Fsp3) is 0.559. The van der Waals surface area contributed by atoms with Gasteiger partial charge < -0.3 is 24.3 Å². The van der Waals surface area contributed by atoms with E-state index in [9.17, 15) is 14.4 Å². The van der Waals surface area contributed by atoms with Crippen LogP contribution in [0.25, 0.3) is 0 Å². The molecule has 0 spiro atoms. The zero-order valence-corrected chi connectivity index (χ0v) is 25.2. The van der Waals surface area contributed by atoms with Crippen molar-refractivity contribution >= 4 is 17.8 Å². The summed E-state index contributed by atoms with van der Waals surface area (Å²) in [5.74, 6) is 0.548. The largest absolute Gasteiger partial charge is 0.490 e. The number of carbonyl (C=O) groups is 3. The van der Waals surface area contributed by atoms with E-state index in [0.717, 1.165) is 55.5 Å². The van der Waals surface area contributed by atoms with Crippen LogP contribution >= 0.6 is 0 Å². The van der Waals surface area contributed by atoms with E-state index in [-0.39, 0.29) is 40.1 Å². The Morgan fingerprint density at radius 3 is 2.33 bits per heavy atom. The summed E-state index contributed by atoms with van der Waals surface area (Å²) in [5.41, 5.74) is 3.23. The highest BCUT2D eigenvalue weighted by Gasteiger charge is 2.60. The third kappa shape index (κ3) is 4.45. The number of carbonyl (C=O) groups excluding carboxylic acids is 3. The maximum Gasteiger partial charge on any atom is 0.374 e. The predicted molar refractivity (Wildman–Crippen MR) is 155 cm³/mol. The molecule has 1 unspecified atom stereocenters. The Morgan fingerprint density at radius 1 is 0.929 bits per heavy atom. The molecule has 0 saturated heterocycles. The predicted octanol–water partition coefficient (Wildman–Crippen LogP) is 5.40. The third-order valence-electron chi connectivity index (χ3n) is 11.0. The summed E-state index contributed by atoms with van der Waals surface area (Å²) < 4.78 is 22.2. The van der Waals surface area contributed by atoms with Crippen molar-refractivity contribution in [2.75, 3.05) is 14.2 Å². The second kappa shape index (κ2) is 10.6. The lowest BCUT2D eigenvalue weighted by Gasteiger charge is -2.57. The van der Waals surface area contributed by atoms with E-state index in [0.29, 0.717) is 18.3 Å². The molecule has 1 aromatic carbocycles. The topological polar surface area (TPSA) is 100 Å². The number of benzene rings is 1. The molecule has 5 aliphatic rings. The number of nitrogens with one attached hydrogen (secondary N) is 1. The van der Waals surface area contributed by atoms with E-state index in [2.05, 4.69) is 25.2 Å². The summed E-state index contributed by atoms with van der Waals surface area (Å²) in [4.78, 5) is 37.6. The van der Waals surface area contributed by atoms with Crippen molar-refractivity contribution in [3.8, 4) is 5.75 Å². The van der Waals surface area contributed by atoms with Gasteiger partial charge in [-0.25, -0.2) is 9.59 Å². The van der Waals surface area contributed by atoms with Gasteiger partial charge in [-0.15, -0.1) is 0 Å². The fourth-order valence-electron chi connectivity index (χ4n) is 8.88. The van der Waals surface area contributed by atoms with E-state index in [1.54, 1.807) is 0 Å². The summed E-state index contributed by atoms with van der Waals surface area (Å²) in [6, 6.07) is 10.1. The summed E-state index contributed by atoms with van der Waals surface area (Å²) in [7, 11) is 2.54. The van der Waals surface area contributed by atoms with E-state index in [1.165, 1.54) is 26.7 Å². The molecule has 2 fully saturated rings. The van der Waals surface area contributed by atoms with Gasteiger partial charge in [0, 0.05) is 24.5 Å². The molecule has 7 atom stereocenters. The quantitative estimate of drug-likeness (QED) is 0.358. The fourth-order valence-corrected chi connectivity index (χ4v) is 8.88. The molecule has 8 heteroatoms. The number of para-hydroxylation sites is 1. The van der Waals surface area contributed by atoms with Crippen LogP contribution in [-0.4, -0.2) is 44.3 Å². The molecule has 4 aliphatic carbocycles. The van der Waals surface area contributed by atoms with Gasteiger partial charge in [-0.05, 0) is 79.4 Å². The van der Waals surface area contributed by atoms with Crippen molar-refractivity contribution in [1.29, 1.82) is 0 Å². The van der Waals surface area contributed by atoms with Crippen molar-refractivity contribution in [3.63, 3.8) is 0 Å². The van der Waals surface area contributed by atoms with Gasteiger partial charge in [-0.3, -0.25) is 4.79 Å². The van der Waals surface area contributed by atoms with Crippen LogP contribution in [0, 0.1) is 28.6 Å². The van der Waals surface area contributed by atoms with Gasteiger partial charge in [0.05, 0.1) is 14.2 Å². The van der Waals surface area contributed by atoms with Crippen molar-refractivity contribution in [1.82, 2.24) is 5.32 Å². The Hall–Kier alpha value is -3.55. The third-order valence-corrected chi connectivity index (χ3v) is 11.0. The Morgan fingerprint density at radius 2 is 1.64 bits per heavy atom. The number of hydrogen-bond donors (Lipinski definition) is 1. The number of rotatable bonds is 6. The molecule has 6 rings (SSSR count). The maximum atomic E-state index is 12.8. The minimum absolute atomic E-state index is 0.111. The van der Waals surface area contributed by atoms with Crippen LogP contribution in [0.3, 0.4) is 0 Å². The summed E-state index contributed by atoms with van der Waals surface area (Å²) in [6.07, 6.45) is 8.63. The number of amides is 1. The van der Waals surface area contributed by atoms with Crippen LogP contribution in [0.5, 0.6) is 5.75 Å². The number of methoxy groups -OCH3 is 2. The minimum Gasteiger partial charge on any atom is -0.490 e. The van der Waals surface area contributed by atoms with E-state index in [1.807, 2.05) is 30.3 Å². The Labute approximate surface area is 247 Å². The zero-order valence-electron chi connectivity index (χ0n) is 25.2. The van der Waals surface area contributed by atoms with Crippen LogP contribution in [-0.2, 0) is 28.6 Å². The van der Waals surface area contributed by atoms with Gasteiger partial charge in [0.1, 0.15) is 17.4 Å². The smallest absolute Gasteiger partial charge is 0.374 e. The molecule has 1 aliphatic heterocycles. The highest BCUT2D eigenvalue weighted by Crippen LogP contribution is 2.66. The average Bonchev–Trinajstić information content (AvgIpc) is 3.24. The van der Waals surface area contributed by atoms with Crippen LogP contribution < -0.4 is 10.1 Å². The van der Waals surface area contributed by atoms with Crippen molar-refractivity contribution in [2.45, 2.75) is 77.9 Å². The highest BCUT2D eigenvalue weighted by molar-refractivity contribution is 6.02. The lowest BCUT2D eigenvalue weighted by atomic mass is 9.47. The normalized spacial score (nSPS) is 35.0. The van der Waals surface area contributed by atoms with Crippen molar-refractivity contribution in [3.05, 3.63) is 64.6 Å². The SMILES string of the molecule is COC(=O)C1=C(C(=O)OC)C(C2=C(NC(C)=O)[C@@]3(C)CC[C@H]4[C@@H](CC=C5C[C@@H](Oc6ccccc6)CC[C@@]54C)[C@@H]3C2)O1. The monoisotopic (exact) mass is 575 g/mol. The van der Waals surface area contributed by atoms with Gasteiger partial charge in [-0.1, -0.05) is 43.7 Å². The molecular weight excluding hydrogens is 534 g/mol. The molecule has 1 amide bonds. The zero-order chi connectivity index (χ0) is 29.8. The van der Waals surface area contributed by atoms with Crippen LogP contribution in [0.15, 0.2) is 64.6 Å². The van der Waals surface area contributed by atoms with E-state index in [4.69, 9.17) is 18.9 Å². The van der Waals surface area contributed by atoms with Crippen LogP contribution in [0.2, 0.25) is 0 Å². The number of esters is 2. The van der Waals surface area contributed by atoms with E-state index < -0.39 is 18.0 Å². The lowest BCUT2D eigenvalue weighted by Crippen LogP contribution is -2.51. The van der Waals surface area contributed by atoms with Gasteiger partial charge >= 0.3 is 11.9 Å². The summed E-state index contributed by atoms with van der Waals surface area (Å²) in [5, 5.41) is 3.14. The molecule has 42 heavy (non-hydrogen) atoms. The molecule has 0 aromatic heterocycles. The Kier molecular flexibility index (Phi) is 7.22. The first-order valence-electron chi connectivity index (χ1n) is 15.1. The second-order valence-corrected chi connectivity index (χ2v) is 13.0. The molecular formula is C34H41NO7. The molecule has 1 aromatic rings. The van der Waals surface area contributed by atoms with Crippen LogP contribution in [0.4, 0.5) is 0 Å². The van der Waals surface area contributed by atoms with Crippen LogP contribution in [0.1, 0.15) is 65.7 Å². The molecule has 0 radical (unpaired) electrons. The average molecular weight is 576 g/mol. The lowest BCUT2D eigenvalue weighted by molar-refractivity contribution is -0.148. The molecule has 0 bridgehead atoms. The van der Waals surface area contributed by atoms with Crippen molar-refractivity contribution in [2.24, 2.45) is 28.6 Å². The number of fused-ring (bicyclic) bond motifs is 5. The Bertz CT molecular complexity index is 1390. The Balaban J connectivity index is 1.29. The highest BCUT2D eigenvalue weighted by atomic mass is 16.6. The first-order valence-corrected chi connectivity index (χ1v) is 15.1. The molecule has 224 valence electrons. The molecule has 8 nitrogen and oxygen atoms in total.